The van der Waals surface area contributed by atoms with Crippen molar-refractivity contribution in [2.24, 2.45) is 9.98 Å². The number of guanidine groups is 1. The van der Waals surface area contributed by atoms with Crippen molar-refractivity contribution in [1.82, 2.24) is 10.2 Å². The molecule has 8 nitrogen and oxygen atoms in total. The van der Waals surface area contributed by atoms with E-state index in [-0.39, 0.29) is 11.3 Å². The monoisotopic (exact) mass is 474 g/mol. The second kappa shape index (κ2) is 11.2. The number of rotatable bonds is 3. The van der Waals surface area contributed by atoms with Gasteiger partial charge in [-0.05, 0) is 62.6 Å². The van der Waals surface area contributed by atoms with E-state index in [4.69, 9.17) is 14.7 Å². The number of likely N-dealkylation sites (tertiary alicyclic amines) is 1. The lowest BCUT2D eigenvalue weighted by molar-refractivity contribution is 0.0696. The first-order valence-electron chi connectivity index (χ1n) is 11.9. The van der Waals surface area contributed by atoms with E-state index in [1.165, 1.54) is 0 Å². The quantitative estimate of drug-likeness (QED) is 0.698. The molecule has 0 radical (unpaired) electrons. The maximum Gasteiger partial charge on any atom is 0.335 e. The number of ether oxygens (including phenoxy) is 1. The molecular formula is C24H34N4O4S. The Kier molecular flexibility index (Phi) is 8.14. The number of piperidine rings is 1. The molecule has 1 aromatic carbocycles. The average Bonchev–Trinajstić information content (AvgIpc) is 2.91. The number of carbonyl (C=O) groups is 1. The van der Waals surface area contributed by atoms with E-state index in [0.29, 0.717) is 23.8 Å². The highest BCUT2D eigenvalue weighted by Crippen LogP contribution is 2.29. The summed E-state index contributed by atoms with van der Waals surface area (Å²) in [6.45, 7) is 5.73. The second-order valence-electron chi connectivity index (χ2n) is 8.96. The van der Waals surface area contributed by atoms with Crippen LogP contribution in [0.3, 0.4) is 0 Å². The third kappa shape index (κ3) is 6.20. The van der Waals surface area contributed by atoms with Gasteiger partial charge in [-0.15, -0.1) is 0 Å². The van der Waals surface area contributed by atoms with E-state index in [2.05, 4.69) is 10.2 Å². The minimum Gasteiger partial charge on any atom is -0.478 e. The molecule has 1 aromatic rings. The van der Waals surface area contributed by atoms with Crippen molar-refractivity contribution in [2.75, 3.05) is 38.6 Å². The zero-order valence-electron chi connectivity index (χ0n) is 19.2. The predicted molar refractivity (Wildman–Crippen MR) is 131 cm³/mol. The zero-order chi connectivity index (χ0) is 23.2. The molecule has 33 heavy (non-hydrogen) atoms. The molecular weight excluding hydrogens is 440 g/mol. The van der Waals surface area contributed by atoms with Gasteiger partial charge in [0, 0.05) is 49.4 Å². The number of amidine groups is 1. The molecule has 0 spiro atoms. The lowest BCUT2D eigenvalue weighted by atomic mass is 9.88. The highest BCUT2D eigenvalue weighted by atomic mass is 32.2. The molecule has 9 heteroatoms. The smallest absolute Gasteiger partial charge is 0.335 e. The van der Waals surface area contributed by atoms with Gasteiger partial charge < -0.3 is 20.1 Å². The minimum absolute atomic E-state index is 0.160. The molecule has 2 fully saturated rings. The number of hydrogen-bond acceptors (Lipinski definition) is 6. The van der Waals surface area contributed by atoms with Crippen molar-refractivity contribution in [3.63, 3.8) is 0 Å². The summed E-state index contributed by atoms with van der Waals surface area (Å²) in [7, 11) is -0.980. The minimum atomic E-state index is -0.980. The van der Waals surface area contributed by atoms with Crippen LogP contribution in [0.1, 0.15) is 60.9 Å². The highest BCUT2D eigenvalue weighted by molar-refractivity contribution is 7.86. The summed E-state index contributed by atoms with van der Waals surface area (Å²) in [5.74, 6) is 1.68. The van der Waals surface area contributed by atoms with Gasteiger partial charge in [0.25, 0.3) is 0 Å². The first-order chi connectivity index (χ1) is 16.0. The third-order valence-corrected chi connectivity index (χ3v) is 8.40. The van der Waals surface area contributed by atoms with Crippen LogP contribution in [0.2, 0.25) is 0 Å². The van der Waals surface area contributed by atoms with Gasteiger partial charge in [0.05, 0.1) is 16.9 Å². The Labute approximate surface area is 198 Å². The molecule has 0 aliphatic carbocycles. The van der Waals surface area contributed by atoms with Gasteiger partial charge in [0.2, 0.25) is 0 Å². The van der Waals surface area contributed by atoms with Crippen LogP contribution in [0.4, 0.5) is 0 Å². The fourth-order valence-corrected chi connectivity index (χ4v) is 5.76. The van der Waals surface area contributed by atoms with Crippen molar-refractivity contribution in [2.45, 2.75) is 56.2 Å². The molecule has 180 valence electrons. The summed E-state index contributed by atoms with van der Waals surface area (Å²) in [5.41, 5.74) is 1.43. The number of aliphatic imine (C=N–C) groups is 2. The number of benzene rings is 1. The Balaban J connectivity index is 1.46. The summed E-state index contributed by atoms with van der Waals surface area (Å²) >= 11 is 0. The lowest BCUT2D eigenvalue weighted by Gasteiger charge is -2.35. The van der Waals surface area contributed by atoms with Gasteiger partial charge >= 0.3 is 5.97 Å². The Morgan fingerprint density at radius 1 is 1.24 bits per heavy atom. The predicted octanol–water partition coefficient (Wildman–Crippen LogP) is 2.63. The van der Waals surface area contributed by atoms with Crippen molar-refractivity contribution >= 4 is 28.6 Å². The topological polar surface area (TPSA) is 104 Å². The van der Waals surface area contributed by atoms with Crippen molar-refractivity contribution in [1.29, 1.82) is 0 Å². The van der Waals surface area contributed by atoms with Gasteiger partial charge in [-0.25, -0.2) is 4.79 Å². The number of nitrogens with one attached hydrogen (secondary N) is 1. The van der Waals surface area contributed by atoms with Crippen LogP contribution in [-0.4, -0.2) is 81.9 Å². The van der Waals surface area contributed by atoms with E-state index < -0.39 is 16.8 Å². The van der Waals surface area contributed by atoms with Crippen molar-refractivity contribution in [3.8, 4) is 0 Å². The molecule has 0 amide bonds. The molecule has 0 bridgehead atoms. The van der Waals surface area contributed by atoms with Crippen LogP contribution < -0.4 is 5.32 Å². The molecule has 0 saturated carbocycles. The fourth-order valence-electron chi connectivity index (χ4n) is 4.63. The first kappa shape index (κ1) is 23.9. The Morgan fingerprint density at radius 2 is 2.00 bits per heavy atom. The van der Waals surface area contributed by atoms with Gasteiger partial charge in [0.15, 0.2) is 5.96 Å². The molecule has 2 saturated heterocycles. The number of hydrogen-bond donors (Lipinski definition) is 2. The Morgan fingerprint density at radius 3 is 2.73 bits per heavy atom. The fraction of sp³-hybridized carbons (Fsp3) is 0.625. The van der Waals surface area contributed by atoms with Gasteiger partial charge in [-0.3, -0.25) is 14.2 Å². The number of carboxylic acid groups (broad SMARTS) is 1. The van der Waals surface area contributed by atoms with Crippen molar-refractivity contribution in [3.05, 3.63) is 35.4 Å². The van der Waals surface area contributed by atoms with E-state index in [9.17, 15) is 14.1 Å². The number of nitrogens with zero attached hydrogens (tertiary/aromatic N) is 3. The molecule has 2 N–H and O–H groups in total. The maximum absolute atomic E-state index is 12.8. The molecule has 2 unspecified atom stereocenters. The third-order valence-electron chi connectivity index (χ3n) is 6.70. The van der Waals surface area contributed by atoms with E-state index in [1.807, 2.05) is 19.1 Å². The van der Waals surface area contributed by atoms with E-state index in [1.54, 1.807) is 12.1 Å². The summed E-state index contributed by atoms with van der Waals surface area (Å²) in [6.07, 6.45) is 4.43. The van der Waals surface area contributed by atoms with Crippen LogP contribution in [-0.2, 0) is 15.5 Å². The molecule has 2 atom stereocenters. The average molecular weight is 475 g/mol. The molecule has 3 heterocycles. The van der Waals surface area contributed by atoms with Gasteiger partial charge in [-0.2, -0.15) is 0 Å². The Bertz CT molecular complexity index is 921. The number of aromatic carboxylic acids is 1. The van der Waals surface area contributed by atoms with Gasteiger partial charge in [0.1, 0.15) is 5.84 Å². The lowest BCUT2D eigenvalue weighted by Crippen LogP contribution is -2.50. The summed E-state index contributed by atoms with van der Waals surface area (Å²) in [5, 5.41) is 12.6. The maximum atomic E-state index is 12.8. The largest absolute Gasteiger partial charge is 0.478 e. The molecule has 3 aliphatic rings. The Hall–Kier alpha value is -2.26. The highest BCUT2D eigenvalue weighted by Gasteiger charge is 2.28. The standard InChI is InChI=1S/C24H34N4O4S/c1-17-22(26-21-8-13-32-14-9-21)27-24(25-10-3-15-33(17)31)28-11-6-18(7-12-28)19-4-2-5-20(16-19)23(29)30/h2,4-5,16-18,21H,3,6-15H2,1H3,(H,29,30)(H,25,26,27). The van der Waals surface area contributed by atoms with Gasteiger partial charge in [-0.1, -0.05) is 12.1 Å². The normalized spacial score (nSPS) is 27.2. The summed E-state index contributed by atoms with van der Waals surface area (Å²) < 4.78 is 18.3. The van der Waals surface area contributed by atoms with Crippen molar-refractivity contribution < 1.29 is 18.8 Å². The summed E-state index contributed by atoms with van der Waals surface area (Å²) in [4.78, 5) is 23.4. The first-order valence-corrected chi connectivity index (χ1v) is 13.3. The van der Waals surface area contributed by atoms with Crippen LogP contribution in [0.5, 0.6) is 0 Å². The van der Waals surface area contributed by atoms with E-state index >= 15 is 0 Å². The van der Waals surface area contributed by atoms with Crippen LogP contribution in [0, 0.1) is 0 Å². The number of carboxylic acids is 1. The summed E-state index contributed by atoms with van der Waals surface area (Å²) in [6, 6.07) is 7.48. The zero-order valence-corrected chi connectivity index (χ0v) is 20.1. The van der Waals surface area contributed by atoms with Crippen LogP contribution >= 0.6 is 0 Å². The molecule has 0 aromatic heterocycles. The SMILES string of the molecule is CC1C(=NC2CCOCC2)NC(N2CCC(c3cccc(C(=O)O)c3)CC2)=NCCCS1=O. The van der Waals surface area contributed by atoms with E-state index in [0.717, 1.165) is 75.8 Å². The van der Waals surface area contributed by atoms with Crippen LogP contribution in [0.15, 0.2) is 34.3 Å². The van der Waals surface area contributed by atoms with Crippen LogP contribution in [0.25, 0.3) is 0 Å². The molecule has 4 rings (SSSR count). The second-order valence-corrected chi connectivity index (χ2v) is 10.8. The molecule has 3 aliphatic heterocycles.